The number of halogens is 1. The molecule has 1 atom stereocenters. The van der Waals surface area contributed by atoms with Crippen molar-refractivity contribution in [2.75, 3.05) is 39.6 Å². The van der Waals surface area contributed by atoms with Crippen LogP contribution in [-0.4, -0.2) is 67.3 Å². The molecule has 8 heteroatoms. The summed E-state index contributed by atoms with van der Waals surface area (Å²) < 4.78 is 16.1. The van der Waals surface area contributed by atoms with Crippen molar-refractivity contribution in [2.24, 2.45) is 0 Å². The van der Waals surface area contributed by atoms with Crippen LogP contribution in [0.2, 0.25) is 5.02 Å². The molecular formula is C19H21ClN2O5. The Morgan fingerprint density at radius 1 is 1.11 bits per heavy atom. The van der Waals surface area contributed by atoms with Gasteiger partial charge >= 0.3 is 0 Å². The van der Waals surface area contributed by atoms with E-state index in [-0.39, 0.29) is 24.7 Å². The first-order chi connectivity index (χ1) is 13.1. The van der Waals surface area contributed by atoms with Crippen LogP contribution in [-0.2, 0) is 14.3 Å². The molecule has 3 aliphatic heterocycles. The fourth-order valence-corrected chi connectivity index (χ4v) is 3.75. The Bertz CT molecular complexity index is 768. The highest BCUT2D eigenvalue weighted by Gasteiger charge is 2.31. The predicted molar refractivity (Wildman–Crippen MR) is 98.7 cm³/mol. The average molecular weight is 393 g/mol. The molecule has 1 aromatic rings. The number of hydrogen-bond donors (Lipinski definition) is 0. The second kappa shape index (κ2) is 7.78. The summed E-state index contributed by atoms with van der Waals surface area (Å²) in [6.07, 6.45) is 4.65. The van der Waals surface area contributed by atoms with Gasteiger partial charge in [-0.3, -0.25) is 9.59 Å². The molecule has 0 spiro atoms. The molecule has 0 saturated carbocycles. The molecule has 2 amide bonds. The summed E-state index contributed by atoms with van der Waals surface area (Å²) in [6.45, 7) is 2.91. The zero-order chi connectivity index (χ0) is 18.8. The van der Waals surface area contributed by atoms with E-state index in [2.05, 4.69) is 0 Å². The number of ether oxygens (including phenoxy) is 3. The topological polar surface area (TPSA) is 68.3 Å². The molecule has 2 saturated heterocycles. The summed E-state index contributed by atoms with van der Waals surface area (Å²) in [5.74, 6) is 1.07. The van der Waals surface area contributed by atoms with E-state index in [1.165, 1.54) is 6.08 Å². The molecule has 3 aliphatic rings. The first-order valence-electron chi connectivity index (χ1n) is 9.08. The Hall–Kier alpha value is -2.25. The van der Waals surface area contributed by atoms with Crippen molar-refractivity contribution in [1.82, 2.24) is 9.80 Å². The van der Waals surface area contributed by atoms with Crippen LogP contribution in [0.1, 0.15) is 18.4 Å². The van der Waals surface area contributed by atoms with E-state index >= 15 is 0 Å². The molecule has 27 heavy (non-hydrogen) atoms. The largest absolute Gasteiger partial charge is 0.454 e. The van der Waals surface area contributed by atoms with Gasteiger partial charge in [-0.15, -0.1) is 0 Å². The van der Waals surface area contributed by atoms with E-state index in [9.17, 15) is 9.59 Å². The van der Waals surface area contributed by atoms with Crippen molar-refractivity contribution >= 4 is 29.5 Å². The van der Waals surface area contributed by atoms with Crippen molar-refractivity contribution in [1.29, 1.82) is 0 Å². The van der Waals surface area contributed by atoms with Gasteiger partial charge in [0.1, 0.15) is 6.10 Å². The van der Waals surface area contributed by atoms with Gasteiger partial charge in [0.25, 0.3) is 5.91 Å². The Kier molecular flexibility index (Phi) is 5.22. The van der Waals surface area contributed by atoms with Crippen LogP contribution in [0.4, 0.5) is 0 Å². The molecule has 0 unspecified atom stereocenters. The first kappa shape index (κ1) is 18.1. The van der Waals surface area contributed by atoms with Gasteiger partial charge in [-0.05, 0) is 36.6 Å². The molecule has 1 aromatic carbocycles. The van der Waals surface area contributed by atoms with Gasteiger partial charge in [0, 0.05) is 38.9 Å². The lowest BCUT2D eigenvalue weighted by atomic mass is 10.1. The highest BCUT2D eigenvalue weighted by atomic mass is 35.5. The Morgan fingerprint density at radius 3 is 2.63 bits per heavy atom. The Labute approximate surface area is 162 Å². The average Bonchev–Trinajstić information content (AvgIpc) is 3.37. The van der Waals surface area contributed by atoms with Gasteiger partial charge in [0.2, 0.25) is 12.7 Å². The third kappa shape index (κ3) is 3.89. The van der Waals surface area contributed by atoms with Crippen LogP contribution in [0, 0.1) is 0 Å². The van der Waals surface area contributed by atoms with Gasteiger partial charge in [-0.2, -0.15) is 0 Å². The highest BCUT2D eigenvalue weighted by molar-refractivity contribution is 6.32. The Balaban J connectivity index is 1.32. The Morgan fingerprint density at radius 2 is 1.89 bits per heavy atom. The lowest BCUT2D eigenvalue weighted by molar-refractivity contribution is -0.144. The van der Waals surface area contributed by atoms with Gasteiger partial charge in [-0.1, -0.05) is 11.6 Å². The first-order valence-corrected chi connectivity index (χ1v) is 9.46. The number of fused-ring (bicyclic) bond motifs is 1. The summed E-state index contributed by atoms with van der Waals surface area (Å²) in [5, 5.41) is 0.457. The lowest BCUT2D eigenvalue weighted by Gasteiger charge is -2.35. The standard InChI is InChI=1S/C19H21ClN2O5/c20-14-10-13(11-16-18(14)27-12-26-16)3-4-17(23)21-5-7-22(8-6-21)19(24)15-2-1-9-25-15/h3-4,10-11,15H,1-2,5-9,12H2/b4-3+/t15-/m1/s1. The van der Waals surface area contributed by atoms with Gasteiger partial charge in [0.05, 0.1) is 5.02 Å². The van der Waals surface area contributed by atoms with Crippen molar-refractivity contribution in [3.63, 3.8) is 0 Å². The fraction of sp³-hybridized carbons (Fsp3) is 0.474. The van der Waals surface area contributed by atoms with Crippen LogP contribution < -0.4 is 9.47 Å². The quantitative estimate of drug-likeness (QED) is 0.735. The maximum atomic E-state index is 12.4. The van der Waals surface area contributed by atoms with Crippen molar-refractivity contribution in [2.45, 2.75) is 18.9 Å². The fourth-order valence-electron chi connectivity index (χ4n) is 3.48. The summed E-state index contributed by atoms with van der Waals surface area (Å²) in [5.41, 5.74) is 0.768. The number of nitrogens with zero attached hydrogens (tertiary/aromatic N) is 2. The van der Waals surface area contributed by atoms with Gasteiger partial charge in [-0.25, -0.2) is 0 Å². The van der Waals surface area contributed by atoms with Crippen LogP contribution in [0.25, 0.3) is 6.08 Å². The molecule has 2 fully saturated rings. The SMILES string of the molecule is O=C(/C=C/c1cc(Cl)c2c(c1)OCO2)N1CCN(C(=O)[C@H]2CCCO2)CC1. The number of carbonyl (C=O) groups is 2. The molecule has 0 aliphatic carbocycles. The van der Waals surface area contributed by atoms with Crippen LogP contribution in [0.15, 0.2) is 18.2 Å². The molecule has 0 aromatic heterocycles. The second-order valence-electron chi connectivity index (χ2n) is 6.72. The normalized spacial score (nSPS) is 21.9. The molecule has 7 nitrogen and oxygen atoms in total. The van der Waals surface area contributed by atoms with E-state index < -0.39 is 0 Å². The molecule has 0 N–H and O–H groups in total. The molecule has 4 rings (SSSR count). The number of rotatable bonds is 3. The molecule has 0 bridgehead atoms. The van der Waals surface area contributed by atoms with Crippen LogP contribution in [0.5, 0.6) is 11.5 Å². The van der Waals surface area contributed by atoms with Crippen LogP contribution in [0.3, 0.4) is 0 Å². The minimum Gasteiger partial charge on any atom is -0.454 e. The number of hydrogen-bond acceptors (Lipinski definition) is 5. The number of carbonyl (C=O) groups excluding carboxylic acids is 2. The summed E-state index contributed by atoms with van der Waals surface area (Å²) in [4.78, 5) is 28.3. The smallest absolute Gasteiger partial charge is 0.251 e. The highest BCUT2D eigenvalue weighted by Crippen LogP contribution is 2.40. The molecule has 0 radical (unpaired) electrons. The lowest BCUT2D eigenvalue weighted by Crippen LogP contribution is -2.52. The number of amides is 2. The van der Waals surface area contributed by atoms with Gasteiger partial charge < -0.3 is 24.0 Å². The zero-order valence-corrected chi connectivity index (χ0v) is 15.6. The minimum absolute atomic E-state index is 0.0464. The summed E-state index contributed by atoms with van der Waals surface area (Å²) in [6, 6.07) is 3.52. The monoisotopic (exact) mass is 392 g/mol. The van der Waals surface area contributed by atoms with E-state index in [1.807, 2.05) is 0 Å². The molecule has 3 heterocycles. The van der Waals surface area contributed by atoms with E-state index in [0.29, 0.717) is 49.3 Å². The summed E-state index contributed by atoms with van der Waals surface area (Å²) >= 11 is 6.16. The van der Waals surface area contributed by atoms with E-state index in [4.69, 9.17) is 25.8 Å². The van der Waals surface area contributed by atoms with E-state index in [1.54, 1.807) is 28.0 Å². The van der Waals surface area contributed by atoms with E-state index in [0.717, 1.165) is 18.4 Å². The molecular weight excluding hydrogens is 372 g/mol. The van der Waals surface area contributed by atoms with Crippen molar-refractivity contribution < 1.29 is 23.8 Å². The summed E-state index contributed by atoms with van der Waals surface area (Å²) in [7, 11) is 0. The van der Waals surface area contributed by atoms with Crippen molar-refractivity contribution in [3.8, 4) is 11.5 Å². The predicted octanol–water partition coefficient (Wildman–Crippen LogP) is 1.93. The van der Waals surface area contributed by atoms with Crippen LogP contribution >= 0.6 is 11.6 Å². The molecule has 144 valence electrons. The minimum atomic E-state index is -0.303. The maximum absolute atomic E-state index is 12.4. The maximum Gasteiger partial charge on any atom is 0.251 e. The third-order valence-corrected chi connectivity index (χ3v) is 5.26. The number of benzene rings is 1. The second-order valence-corrected chi connectivity index (χ2v) is 7.13. The van der Waals surface area contributed by atoms with Gasteiger partial charge in [0.15, 0.2) is 11.5 Å². The zero-order valence-electron chi connectivity index (χ0n) is 14.9. The van der Waals surface area contributed by atoms with Crippen molar-refractivity contribution in [3.05, 3.63) is 28.8 Å². The third-order valence-electron chi connectivity index (χ3n) is 4.98. The number of piperazine rings is 1.